The molecule has 1 heterocycles. The van der Waals surface area contributed by atoms with Crippen molar-refractivity contribution in [3.8, 4) is 0 Å². The number of hydrogen-bond acceptors (Lipinski definition) is 9. The first-order valence-corrected chi connectivity index (χ1v) is 14.7. The lowest BCUT2D eigenvalue weighted by Crippen LogP contribution is -2.68. The summed E-state index contributed by atoms with van der Waals surface area (Å²) in [6.45, 7) is 1.56. The summed E-state index contributed by atoms with van der Waals surface area (Å²) in [5.41, 5.74) is 0.831. The van der Waals surface area contributed by atoms with E-state index in [0.29, 0.717) is 24.9 Å². The topological polar surface area (TPSA) is 149 Å². The minimum absolute atomic E-state index is 0.0413. The van der Waals surface area contributed by atoms with E-state index in [9.17, 15) is 24.0 Å². The fourth-order valence-electron chi connectivity index (χ4n) is 5.23. The van der Waals surface area contributed by atoms with E-state index in [4.69, 9.17) is 19.3 Å². The van der Waals surface area contributed by atoms with Crippen LogP contribution in [0.2, 0.25) is 0 Å². The number of piperidine rings is 1. The third kappa shape index (κ3) is 9.48. The highest BCUT2D eigenvalue weighted by Gasteiger charge is 2.49. The van der Waals surface area contributed by atoms with Gasteiger partial charge in [-0.15, -0.1) is 0 Å². The Morgan fingerprint density at radius 2 is 1.22 bits per heavy atom. The molecule has 0 spiro atoms. The van der Waals surface area contributed by atoms with Crippen molar-refractivity contribution >= 4 is 29.8 Å². The zero-order chi connectivity index (χ0) is 32.2. The fourth-order valence-corrected chi connectivity index (χ4v) is 5.23. The van der Waals surface area contributed by atoms with E-state index in [1.807, 2.05) is 4.90 Å². The second-order valence-corrected chi connectivity index (χ2v) is 10.7. The number of nitrogens with one attached hydrogen (secondary N) is 1. The van der Waals surface area contributed by atoms with Crippen molar-refractivity contribution in [3.63, 3.8) is 0 Å². The van der Waals surface area contributed by atoms with Crippen LogP contribution in [0.25, 0.3) is 0 Å². The third-order valence-corrected chi connectivity index (χ3v) is 7.37. The lowest BCUT2D eigenvalue weighted by molar-refractivity contribution is -0.137. The highest BCUT2D eigenvalue weighted by atomic mass is 16.6. The molecule has 236 valence electrons. The maximum atomic E-state index is 13.4. The van der Waals surface area contributed by atoms with Crippen molar-refractivity contribution in [1.82, 2.24) is 10.2 Å². The van der Waals surface area contributed by atoms with Crippen LogP contribution < -0.4 is 5.32 Å². The van der Waals surface area contributed by atoms with Crippen molar-refractivity contribution in [1.29, 1.82) is 0 Å². The Balaban J connectivity index is 1.70. The van der Waals surface area contributed by atoms with E-state index < -0.39 is 54.1 Å². The molecule has 0 saturated carbocycles. The van der Waals surface area contributed by atoms with Gasteiger partial charge in [-0.2, -0.15) is 0 Å². The van der Waals surface area contributed by atoms with E-state index in [1.54, 1.807) is 91.0 Å². The first-order valence-electron chi connectivity index (χ1n) is 14.7. The van der Waals surface area contributed by atoms with Crippen LogP contribution in [0.5, 0.6) is 0 Å². The normalized spacial score (nSPS) is 19.6. The molecule has 1 aliphatic heterocycles. The van der Waals surface area contributed by atoms with E-state index in [-0.39, 0.29) is 30.7 Å². The number of unbranched alkanes of at least 4 members (excludes halogenated alkanes) is 1. The molecule has 3 aromatic rings. The van der Waals surface area contributed by atoms with E-state index in [2.05, 4.69) is 5.32 Å². The molecular formula is C34H36N2O9. The highest BCUT2D eigenvalue weighted by Crippen LogP contribution is 2.28. The third-order valence-electron chi connectivity index (χ3n) is 7.37. The first kappa shape index (κ1) is 32.9. The highest BCUT2D eigenvalue weighted by molar-refractivity contribution is 5.91. The molecule has 4 rings (SSSR count). The second kappa shape index (κ2) is 16.2. The fraction of sp³-hybridized carbons (Fsp3) is 0.324. The van der Waals surface area contributed by atoms with Gasteiger partial charge in [0, 0.05) is 19.9 Å². The smallest absolute Gasteiger partial charge is 0.338 e. The molecule has 1 saturated heterocycles. The van der Waals surface area contributed by atoms with Gasteiger partial charge in [-0.3, -0.25) is 14.5 Å². The van der Waals surface area contributed by atoms with Crippen molar-refractivity contribution < 1.29 is 43.3 Å². The number of likely N-dealkylation sites (tertiary alicyclic amines) is 1. The summed E-state index contributed by atoms with van der Waals surface area (Å²) < 4.78 is 17.8. The monoisotopic (exact) mass is 616 g/mol. The number of nitrogens with zero attached hydrogens (tertiary/aromatic N) is 1. The Labute approximate surface area is 261 Å². The average Bonchev–Trinajstić information content (AvgIpc) is 3.04. The summed E-state index contributed by atoms with van der Waals surface area (Å²) >= 11 is 0. The number of amides is 1. The first-order chi connectivity index (χ1) is 21.7. The minimum atomic E-state index is -1.20. The van der Waals surface area contributed by atoms with Crippen LogP contribution in [0.4, 0.5) is 0 Å². The van der Waals surface area contributed by atoms with Crippen LogP contribution in [0.15, 0.2) is 91.0 Å². The Morgan fingerprint density at radius 1 is 0.733 bits per heavy atom. The number of benzene rings is 3. The van der Waals surface area contributed by atoms with Gasteiger partial charge in [0.05, 0.1) is 28.8 Å². The lowest BCUT2D eigenvalue weighted by Gasteiger charge is -2.47. The summed E-state index contributed by atoms with van der Waals surface area (Å²) in [6.07, 6.45) is -1.58. The molecule has 0 radical (unpaired) electrons. The summed E-state index contributed by atoms with van der Waals surface area (Å²) in [6, 6.07) is 23.3. The molecule has 11 heteroatoms. The minimum Gasteiger partial charge on any atom is -0.481 e. The number of hydrogen-bond donors (Lipinski definition) is 2. The van der Waals surface area contributed by atoms with E-state index in [1.165, 1.54) is 6.92 Å². The number of carbonyl (C=O) groups excluding carboxylic acids is 4. The van der Waals surface area contributed by atoms with Crippen LogP contribution in [0.3, 0.4) is 0 Å². The molecule has 0 aromatic heterocycles. The van der Waals surface area contributed by atoms with Crippen molar-refractivity contribution in [3.05, 3.63) is 108 Å². The predicted molar refractivity (Wildman–Crippen MR) is 162 cm³/mol. The molecule has 4 atom stereocenters. The van der Waals surface area contributed by atoms with Gasteiger partial charge in [0.15, 0.2) is 12.2 Å². The van der Waals surface area contributed by atoms with Gasteiger partial charge in [0.2, 0.25) is 5.91 Å². The number of carboxylic acids is 1. The van der Waals surface area contributed by atoms with Gasteiger partial charge in [-0.25, -0.2) is 14.4 Å². The van der Waals surface area contributed by atoms with Crippen LogP contribution in [-0.2, 0) is 23.8 Å². The Morgan fingerprint density at radius 3 is 1.71 bits per heavy atom. The predicted octanol–water partition coefficient (Wildman–Crippen LogP) is 3.74. The van der Waals surface area contributed by atoms with Gasteiger partial charge >= 0.3 is 23.9 Å². The van der Waals surface area contributed by atoms with Crippen LogP contribution in [-0.4, -0.2) is 83.8 Å². The van der Waals surface area contributed by atoms with Gasteiger partial charge < -0.3 is 24.6 Å². The average molecular weight is 617 g/mol. The summed E-state index contributed by atoms with van der Waals surface area (Å²) in [5.74, 6) is -3.31. The second-order valence-electron chi connectivity index (χ2n) is 10.7. The molecule has 1 aliphatic rings. The number of esters is 3. The summed E-state index contributed by atoms with van der Waals surface area (Å²) in [5, 5.41) is 12.0. The van der Waals surface area contributed by atoms with E-state index in [0.717, 1.165) is 0 Å². The lowest BCUT2D eigenvalue weighted by atomic mass is 9.91. The Kier molecular flexibility index (Phi) is 11.8. The number of aliphatic carboxylic acids is 1. The molecule has 3 aromatic carbocycles. The molecule has 4 unspecified atom stereocenters. The maximum Gasteiger partial charge on any atom is 0.338 e. The van der Waals surface area contributed by atoms with Crippen LogP contribution >= 0.6 is 0 Å². The van der Waals surface area contributed by atoms with Gasteiger partial charge in [0.1, 0.15) is 6.61 Å². The summed E-state index contributed by atoms with van der Waals surface area (Å²) in [4.78, 5) is 65.1. The zero-order valence-corrected chi connectivity index (χ0v) is 24.9. The largest absolute Gasteiger partial charge is 0.481 e. The number of rotatable bonds is 13. The quantitative estimate of drug-likeness (QED) is 0.165. The number of ether oxygens (including phenoxy) is 3. The molecule has 45 heavy (non-hydrogen) atoms. The molecule has 0 bridgehead atoms. The van der Waals surface area contributed by atoms with Crippen LogP contribution in [0, 0.1) is 0 Å². The number of carbonyl (C=O) groups is 5. The maximum absolute atomic E-state index is 13.4. The van der Waals surface area contributed by atoms with Gasteiger partial charge in [-0.1, -0.05) is 54.6 Å². The molecule has 0 aliphatic carbocycles. The summed E-state index contributed by atoms with van der Waals surface area (Å²) in [7, 11) is 0. The van der Waals surface area contributed by atoms with Gasteiger partial charge in [0.25, 0.3) is 0 Å². The molecule has 1 fully saturated rings. The molecular weight excluding hydrogens is 580 g/mol. The zero-order valence-electron chi connectivity index (χ0n) is 24.9. The van der Waals surface area contributed by atoms with Crippen LogP contribution in [0.1, 0.15) is 57.3 Å². The molecule has 2 N–H and O–H groups in total. The molecule has 1 amide bonds. The van der Waals surface area contributed by atoms with Crippen molar-refractivity contribution in [2.45, 2.75) is 50.5 Å². The number of carboxylic acid groups (broad SMARTS) is 1. The SMILES string of the molecule is CC(=O)NC1CN(CCCCC(=O)O)C(COC(=O)c2ccccc2)C(OC(=O)c2ccccc2)C1OC(=O)c1ccccc1. The van der Waals surface area contributed by atoms with E-state index >= 15 is 0 Å². The van der Waals surface area contributed by atoms with Gasteiger partial charge in [-0.05, 0) is 55.8 Å². The Hall–Kier alpha value is -5.03. The standard InChI is InChI=1S/C34H36N2O9/c1-23(37)35-27-21-36(20-12-11-19-29(38)39)28(22-43-32(40)24-13-5-2-6-14-24)31(45-34(42)26-17-9-4-10-18-26)30(27)44-33(41)25-15-7-3-8-16-25/h2-10,13-18,27-28,30-31H,11-12,19-22H2,1H3,(H,35,37)(H,38,39). The Bertz CT molecular complexity index is 1450. The van der Waals surface area contributed by atoms with Crippen molar-refractivity contribution in [2.75, 3.05) is 19.7 Å². The molecule has 11 nitrogen and oxygen atoms in total. The van der Waals surface area contributed by atoms with Crippen molar-refractivity contribution in [2.24, 2.45) is 0 Å².